The Hall–Kier alpha value is -2.16. The maximum atomic E-state index is 11.9. The van der Waals surface area contributed by atoms with Gasteiger partial charge in [0.05, 0.1) is 111 Å². The molecule has 0 spiro atoms. The molecule has 1 aromatic carbocycles. The van der Waals surface area contributed by atoms with Gasteiger partial charge in [0.15, 0.2) is 0 Å². The molecule has 0 N–H and O–H groups in total. The van der Waals surface area contributed by atoms with E-state index in [1.165, 1.54) is 70.6 Å². The summed E-state index contributed by atoms with van der Waals surface area (Å²) >= 11 is 0. The second-order valence-electron chi connectivity index (χ2n) is 12.6. The lowest BCUT2D eigenvalue weighted by atomic mass is 10.0. The summed E-state index contributed by atoms with van der Waals surface area (Å²) in [5, 5.41) is 0. The summed E-state index contributed by atoms with van der Waals surface area (Å²) in [6.07, 6.45) is 17.3. The van der Waals surface area contributed by atoms with Crippen LogP contribution in [0.5, 0.6) is 0 Å². The number of hydrogen-bond acceptors (Lipinski definition) is 12. The van der Waals surface area contributed by atoms with E-state index < -0.39 is 0 Å². The van der Waals surface area contributed by atoms with Gasteiger partial charge in [-0.15, -0.1) is 0 Å². The fourth-order valence-corrected chi connectivity index (χ4v) is 5.07. The highest BCUT2D eigenvalue weighted by Gasteiger charge is 2.05. The molecule has 1 aromatic rings. The molecule has 308 valence electrons. The number of unbranched alkanes of at least 4 members (excludes halogenated alkanes) is 12. The highest BCUT2D eigenvalue weighted by atomic mass is 16.6. The molecular formula is C41H72O12. The number of rotatable bonds is 42. The van der Waals surface area contributed by atoms with Gasteiger partial charge in [0.25, 0.3) is 0 Å². The maximum absolute atomic E-state index is 11.9. The van der Waals surface area contributed by atoms with Crippen molar-refractivity contribution in [3.8, 4) is 0 Å². The third kappa shape index (κ3) is 36.6. The molecule has 12 nitrogen and oxygen atoms in total. The fourth-order valence-electron chi connectivity index (χ4n) is 5.07. The minimum atomic E-state index is -0.357. The Bertz CT molecular complexity index is 904. The minimum Gasteiger partial charge on any atom is -0.463 e. The highest BCUT2D eigenvalue weighted by molar-refractivity contribution is 5.89. The van der Waals surface area contributed by atoms with Crippen LogP contribution in [0.4, 0.5) is 0 Å². The first-order chi connectivity index (χ1) is 26.2. The Morgan fingerprint density at radius 2 is 0.679 bits per heavy atom. The first-order valence-electron chi connectivity index (χ1n) is 20.2. The van der Waals surface area contributed by atoms with Crippen molar-refractivity contribution >= 4 is 11.9 Å². The van der Waals surface area contributed by atoms with E-state index in [9.17, 15) is 9.59 Å². The average Bonchev–Trinajstić information content (AvgIpc) is 3.18. The second kappa shape index (κ2) is 41.0. The molecular weight excluding hydrogens is 684 g/mol. The molecule has 12 heteroatoms. The van der Waals surface area contributed by atoms with Crippen molar-refractivity contribution in [1.82, 2.24) is 0 Å². The Morgan fingerprint density at radius 1 is 0.377 bits per heavy atom. The van der Waals surface area contributed by atoms with Gasteiger partial charge in [-0.25, -0.2) is 4.79 Å². The molecule has 0 aliphatic carbocycles. The van der Waals surface area contributed by atoms with Crippen LogP contribution in [0.25, 0.3) is 0 Å². The quantitative estimate of drug-likeness (QED) is 0.0504. The number of carbonyl (C=O) groups is 2. The molecule has 0 bridgehead atoms. The first kappa shape index (κ1) is 48.9. The van der Waals surface area contributed by atoms with Crippen LogP contribution in [-0.4, -0.2) is 131 Å². The van der Waals surface area contributed by atoms with Gasteiger partial charge < -0.3 is 47.4 Å². The van der Waals surface area contributed by atoms with Crippen molar-refractivity contribution in [1.29, 1.82) is 0 Å². The zero-order valence-electron chi connectivity index (χ0n) is 32.9. The topological polar surface area (TPSA) is 126 Å². The van der Waals surface area contributed by atoms with Gasteiger partial charge in [0, 0.05) is 6.42 Å². The van der Waals surface area contributed by atoms with Crippen molar-refractivity contribution in [3.05, 3.63) is 35.9 Å². The summed E-state index contributed by atoms with van der Waals surface area (Å²) in [4.78, 5) is 23.7. The van der Waals surface area contributed by atoms with Crippen LogP contribution in [0.3, 0.4) is 0 Å². The lowest BCUT2D eigenvalue weighted by Gasteiger charge is -2.09. The van der Waals surface area contributed by atoms with Gasteiger partial charge in [-0.2, -0.15) is 0 Å². The van der Waals surface area contributed by atoms with Crippen LogP contribution >= 0.6 is 0 Å². The zero-order valence-corrected chi connectivity index (χ0v) is 32.9. The third-order valence-electron chi connectivity index (χ3n) is 8.05. The first-order valence-corrected chi connectivity index (χ1v) is 20.2. The second-order valence-corrected chi connectivity index (χ2v) is 12.6. The third-order valence-corrected chi connectivity index (χ3v) is 8.05. The van der Waals surface area contributed by atoms with Crippen molar-refractivity contribution in [2.75, 3.05) is 119 Å². The van der Waals surface area contributed by atoms with Crippen LogP contribution in [0.1, 0.15) is 107 Å². The van der Waals surface area contributed by atoms with E-state index >= 15 is 0 Å². The Labute approximate surface area is 320 Å². The molecule has 0 atom stereocenters. The van der Waals surface area contributed by atoms with Gasteiger partial charge in [0.1, 0.15) is 13.2 Å². The van der Waals surface area contributed by atoms with Gasteiger partial charge in [-0.3, -0.25) is 4.79 Å². The van der Waals surface area contributed by atoms with Crippen LogP contribution in [0, 0.1) is 0 Å². The molecule has 0 aliphatic heterocycles. The van der Waals surface area contributed by atoms with E-state index in [4.69, 9.17) is 47.4 Å². The van der Waals surface area contributed by atoms with Gasteiger partial charge >= 0.3 is 11.9 Å². The molecule has 0 heterocycles. The molecule has 0 fully saturated rings. The van der Waals surface area contributed by atoms with Crippen LogP contribution < -0.4 is 0 Å². The number of esters is 2. The Kier molecular flexibility index (Phi) is 37.8. The van der Waals surface area contributed by atoms with Gasteiger partial charge in [0.2, 0.25) is 0 Å². The largest absolute Gasteiger partial charge is 0.463 e. The van der Waals surface area contributed by atoms with Crippen molar-refractivity contribution in [2.24, 2.45) is 0 Å². The molecule has 0 radical (unpaired) electrons. The SMILES string of the molecule is CCCCCCCCCCCCCCCC(=O)OCCOCCOCCOCCOCCOCCOCCOCCOCCOC(=O)c1ccccc1. The molecule has 0 saturated carbocycles. The number of ether oxygens (including phenoxy) is 10. The molecule has 53 heavy (non-hydrogen) atoms. The monoisotopic (exact) mass is 757 g/mol. The van der Waals surface area contributed by atoms with Crippen molar-refractivity contribution in [3.63, 3.8) is 0 Å². The van der Waals surface area contributed by atoms with Crippen molar-refractivity contribution < 1.29 is 57.0 Å². The normalized spacial score (nSPS) is 11.3. The lowest BCUT2D eigenvalue weighted by molar-refractivity contribution is -0.145. The van der Waals surface area contributed by atoms with Crippen molar-refractivity contribution in [2.45, 2.75) is 96.8 Å². The van der Waals surface area contributed by atoms with Gasteiger partial charge in [-0.1, -0.05) is 102 Å². The summed E-state index contributed by atoms with van der Waals surface area (Å²) in [5.41, 5.74) is 0.525. The van der Waals surface area contributed by atoms with E-state index in [0.29, 0.717) is 118 Å². The summed E-state index contributed by atoms with van der Waals surface area (Å²) < 4.78 is 54.1. The average molecular weight is 757 g/mol. The minimum absolute atomic E-state index is 0.136. The predicted octanol–water partition coefficient (Wildman–Crippen LogP) is 7.00. The van der Waals surface area contributed by atoms with E-state index in [1.54, 1.807) is 24.3 Å². The van der Waals surface area contributed by atoms with E-state index in [0.717, 1.165) is 12.8 Å². The number of carbonyl (C=O) groups excluding carboxylic acids is 2. The van der Waals surface area contributed by atoms with Crippen LogP contribution in [-0.2, 0) is 52.2 Å². The van der Waals surface area contributed by atoms with Crippen LogP contribution in [0.2, 0.25) is 0 Å². The zero-order chi connectivity index (χ0) is 38.0. The summed E-state index contributed by atoms with van der Waals surface area (Å²) in [5.74, 6) is -0.492. The molecule has 0 aromatic heterocycles. The lowest BCUT2D eigenvalue weighted by Crippen LogP contribution is -2.15. The molecule has 0 amide bonds. The molecule has 0 unspecified atom stereocenters. The Balaban J connectivity index is 1.65. The number of benzene rings is 1. The summed E-state index contributed by atoms with van der Waals surface area (Å²) in [6, 6.07) is 8.86. The summed E-state index contributed by atoms with van der Waals surface area (Å²) in [7, 11) is 0. The standard InChI is InChI=1S/C41H72O12/c1-2-3-4-5-6-7-8-9-10-11-12-13-17-20-40(42)52-37-35-50-33-31-48-29-27-46-25-23-44-21-22-45-24-26-47-28-30-49-32-34-51-36-38-53-41(43)39-18-15-14-16-19-39/h14-16,18-19H,2-13,17,20-38H2,1H3. The predicted molar refractivity (Wildman–Crippen MR) is 205 cm³/mol. The van der Waals surface area contributed by atoms with E-state index in [2.05, 4.69) is 6.92 Å². The molecule has 0 saturated heterocycles. The van der Waals surface area contributed by atoms with Gasteiger partial charge in [-0.05, 0) is 18.6 Å². The highest BCUT2D eigenvalue weighted by Crippen LogP contribution is 2.13. The molecule has 0 aliphatic rings. The number of hydrogen-bond donors (Lipinski definition) is 0. The van der Waals surface area contributed by atoms with E-state index in [1.807, 2.05) is 6.07 Å². The summed E-state index contributed by atoms with van der Waals surface area (Å²) in [6.45, 7) is 10.0. The maximum Gasteiger partial charge on any atom is 0.338 e. The molecule has 1 rings (SSSR count). The Morgan fingerprint density at radius 3 is 1.04 bits per heavy atom. The fraction of sp³-hybridized carbons (Fsp3) is 0.805. The van der Waals surface area contributed by atoms with E-state index in [-0.39, 0.29) is 25.2 Å². The smallest absolute Gasteiger partial charge is 0.338 e. The van der Waals surface area contributed by atoms with Crippen LogP contribution in [0.15, 0.2) is 30.3 Å².